The summed E-state index contributed by atoms with van der Waals surface area (Å²) in [6.07, 6.45) is 5.60. The highest BCUT2D eigenvalue weighted by Crippen LogP contribution is 2.39. The smallest absolute Gasteiger partial charge is 0.172 e. The first-order chi connectivity index (χ1) is 19.8. The van der Waals surface area contributed by atoms with E-state index in [1.807, 2.05) is 66.3 Å². The molecule has 41 heavy (non-hydrogen) atoms. The molecule has 0 bridgehead atoms. The van der Waals surface area contributed by atoms with Crippen LogP contribution in [0.3, 0.4) is 0 Å². The quantitative estimate of drug-likeness (QED) is 0.125. The van der Waals surface area contributed by atoms with Crippen molar-refractivity contribution < 1.29 is 18.6 Å². The minimum Gasteiger partial charge on any atom is -0.493 e. The van der Waals surface area contributed by atoms with Crippen LogP contribution in [0, 0.1) is 12.7 Å². The molecular weight excluding hydrogens is 539 g/mol. The third-order valence-corrected chi connectivity index (χ3v) is 7.98. The van der Waals surface area contributed by atoms with Gasteiger partial charge in [-0.3, -0.25) is 4.57 Å². The molecule has 0 saturated heterocycles. The molecule has 0 aliphatic carbocycles. The Balaban J connectivity index is 1.38. The summed E-state index contributed by atoms with van der Waals surface area (Å²) in [5.74, 6) is 3.41. The van der Waals surface area contributed by atoms with E-state index >= 15 is 0 Å². The number of hydrogen-bond donors (Lipinski definition) is 0. The van der Waals surface area contributed by atoms with Crippen molar-refractivity contribution >= 4 is 11.8 Å². The van der Waals surface area contributed by atoms with E-state index in [4.69, 9.17) is 19.2 Å². The highest BCUT2D eigenvalue weighted by atomic mass is 32.2. The second-order valence-electron chi connectivity index (χ2n) is 9.97. The Bertz CT molecular complexity index is 1630. The molecule has 0 aliphatic heterocycles. The van der Waals surface area contributed by atoms with Crippen molar-refractivity contribution in [2.75, 3.05) is 26.6 Å². The lowest BCUT2D eigenvalue weighted by Crippen LogP contribution is -2.23. The normalized spacial score (nSPS) is 11.5. The van der Waals surface area contributed by atoms with Gasteiger partial charge in [0, 0.05) is 35.3 Å². The Morgan fingerprint density at radius 1 is 0.902 bits per heavy atom. The van der Waals surface area contributed by atoms with Crippen LogP contribution < -0.4 is 14.2 Å². The average Bonchev–Trinajstić information content (AvgIpc) is 3.62. The average molecular weight is 573 g/mol. The lowest BCUT2D eigenvalue weighted by Gasteiger charge is -2.28. The maximum atomic E-state index is 13.9. The van der Waals surface area contributed by atoms with Gasteiger partial charge in [-0.05, 0) is 61.0 Å². The summed E-state index contributed by atoms with van der Waals surface area (Å²) in [6.45, 7) is 6.73. The largest absolute Gasteiger partial charge is 0.493 e. The van der Waals surface area contributed by atoms with Crippen LogP contribution in [0.15, 0.2) is 90.5 Å². The maximum Gasteiger partial charge on any atom is 0.172 e. The molecule has 3 aromatic carbocycles. The number of rotatable bonds is 11. The lowest BCUT2D eigenvalue weighted by molar-refractivity contribution is 0.343. The third kappa shape index (κ3) is 5.95. The molecule has 5 aromatic rings. The van der Waals surface area contributed by atoms with E-state index < -0.39 is 5.41 Å². The van der Waals surface area contributed by atoms with E-state index in [1.165, 1.54) is 12.1 Å². The van der Waals surface area contributed by atoms with Gasteiger partial charge >= 0.3 is 0 Å². The Labute approximate surface area is 243 Å². The molecular formula is C32H33FN4O3S. The summed E-state index contributed by atoms with van der Waals surface area (Å²) < 4.78 is 35.1. The van der Waals surface area contributed by atoms with Crippen molar-refractivity contribution in [2.24, 2.45) is 0 Å². The Morgan fingerprint density at radius 2 is 1.68 bits per heavy atom. The molecule has 0 spiro atoms. The molecule has 2 heterocycles. The molecule has 0 fully saturated rings. The lowest BCUT2D eigenvalue weighted by atomic mass is 9.81. The van der Waals surface area contributed by atoms with Gasteiger partial charge in [0.1, 0.15) is 17.4 Å². The zero-order chi connectivity index (χ0) is 29.0. The standard InChI is InChI=1S/C32H33FN4O3S/c1-22-34-15-16-36(22)26-7-6-8-27(20-26)40-17-18-41-31-35-21-30(37(31)25-12-10-24(33)11-13-25)32(2,3)23-9-14-28(38-4)29(19-23)39-5/h6-16,19-21H,17-18H2,1-5H3. The van der Waals surface area contributed by atoms with E-state index in [0.717, 1.165) is 39.4 Å². The summed E-state index contributed by atoms with van der Waals surface area (Å²) >= 11 is 1.59. The highest BCUT2D eigenvalue weighted by Gasteiger charge is 2.30. The van der Waals surface area contributed by atoms with Crippen molar-refractivity contribution in [1.82, 2.24) is 19.1 Å². The van der Waals surface area contributed by atoms with Crippen LogP contribution in [0.25, 0.3) is 11.4 Å². The van der Waals surface area contributed by atoms with Gasteiger partial charge in [-0.2, -0.15) is 0 Å². The molecule has 212 valence electrons. The Hall–Kier alpha value is -4.24. The number of nitrogens with zero attached hydrogens (tertiary/aromatic N) is 4. The minimum atomic E-state index is -0.456. The van der Waals surface area contributed by atoms with E-state index in [0.29, 0.717) is 23.9 Å². The van der Waals surface area contributed by atoms with Crippen LogP contribution in [-0.4, -0.2) is 45.7 Å². The Kier molecular flexibility index (Phi) is 8.35. The van der Waals surface area contributed by atoms with Gasteiger partial charge in [0.15, 0.2) is 16.7 Å². The van der Waals surface area contributed by atoms with Crippen LogP contribution >= 0.6 is 11.8 Å². The summed E-state index contributed by atoms with van der Waals surface area (Å²) in [5, 5.41) is 0.798. The van der Waals surface area contributed by atoms with E-state index in [9.17, 15) is 4.39 Å². The van der Waals surface area contributed by atoms with Crippen LogP contribution in [0.1, 0.15) is 30.9 Å². The summed E-state index contributed by atoms with van der Waals surface area (Å²) in [7, 11) is 3.25. The Morgan fingerprint density at radius 3 is 2.39 bits per heavy atom. The monoisotopic (exact) mass is 572 g/mol. The molecule has 0 radical (unpaired) electrons. The fraction of sp³-hybridized carbons (Fsp3) is 0.250. The topological polar surface area (TPSA) is 63.3 Å². The van der Waals surface area contributed by atoms with Gasteiger partial charge in [-0.15, -0.1) is 0 Å². The van der Waals surface area contributed by atoms with Crippen molar-refractivity contribution in [3.05, 3.63) is 108 Å². The number of benzene rings is 3. The molecule has 0 aliphatic rings. The zero-order valence-electron chi connectivity index (χ0n) is 23.8. The number of methoxy groups -OCH3 is 2. The molecule has 7 nitrogen and oxygen atoms in total. The second-order valence-corrected chi connectivity index (χ2v) is 11.0. The van der Waals surface area contributed by atoms with Crippen LogP contribution in [-0.2, 0) is 5.41 Å². The van der Waals surface area contributed by atoms with E-state index in [1.54, 1.807) is 44.3 Å². The van der Waals surface area contributed by atoms with Gasteiger partial charge in [-0.25, -0.2) is 14.4 Å². The molecule has 0 unspecified atom stereocenters. The molecule has 0 N–H and O–H groups in total. The van der Waals surface area contributed by atoms with Gasteiger partial charge in [-0.1, -0.05) is 37.7 Å². The minimum absolute atomic E-state index is 0.287. The molecule has 0 saturated carbocycles. The van der Waals surface area contributed by atoms with Gasteiger partial charge in [0.2, 0.25) is 0 Å². The van der Waals surface area contributed by atoms with Crippen LogP contribution in [0.5, 0.6) is 17.2 Å². The first-order valence-electron chi connectivity index (χ1n) is 13.2. The second kappa shape index (κ2) is 12.1. The van der Waals surface area contributed by atoms with Crippen LogP contribution in [0.2, 0.25) is 0 Å². The number of hydrogen-bond acceptors (Lipinski definition) is 6. The van der Waals surface area contributed by atoms with E-state index in [-0.39, 0.29) is 5.82 Å². The number of aromatic nitrogens is 4. The molecule has 9 heteroatoms. The van der Waals surface area contributed by atoms with Crippen molar-refractivity contribution in [3.8, 4) is 28.6 Å². The first kappa shape index (κ1) is 28.3. The van der Waals surface area contributed by atoms with Crippen molar-refractivity contribution in [2.45, 2.75) is 31.3 Å². The number of thioether (sulfide) groups is 1. The molecule has 0 atom stereocenters. The van der Waals surface area contributed by atoms with Gasteiger partial charge in [0.25, 0.3) is 0 Å². The summed E-state index contributed by atoms with van der Waals surface area (Å²) in [4.78, 5) is 9.10. The predicted octanol–water partition coefficient (Wildman–Crippen LogP) is 7.02. The number of aryl methyl sites for hydroxylation is 1. The van der Waals surface area contributed by atoms with Gasteiger partial charge in [0.05, 0.1) is 38.4 Å². The van der Waals surface area contributed by atoms with Gasteiger partial charge < -0.3 is 18.8 Å². The fourth-order valence-corrected chi connectivity index (χ4v) is 5.57. The maximum absolute atomic E-state index is 13.9. The molecule has 5 rings (SSSR count). The highest BCUT2D eigenvalue weighted by molar-refractivity contribution is 7.99. The summed E-state index contributed by atoms with van der Waals surface area (Å²) in [5.41, 5.74) is 3.37. The zero-order valence-corrected chi connectivity index (χ0v) is 24.6. The van der Waals surface area contributed by atoms with Crippen LogP contribution in [0.4, 0.5) is 4.39 Å². The predicted molar refractivity (Wildman–Crippen MR) is 160 cm³/mol. The van der Waals surface area contributed by atoms with Crippen molar-refractivity contribution in [1.29, 1.82) is 0 Å². The first-order valence-corrected chi connectivity index (χ1v) is 14.2. The van der Waals surface area contributed by atoms with Crippen molar-refractivity contribution in [3.63, 3.8) is 0 Å². The number of ether oxygens (including phenoxy) is 3. The number of halogens is 1. The molecule has 0 amide bonds. The third-order valence-electron chi connectivity index (χ3n) is 7.06. The van der Waals surface area contributed by atoms with E-state index in [2.05, 4.69) is 23.4 Å². The summed E-state index contributed by atoms with van der Waals surface area (Å²) in [6, 6.07) is 20.4. The fourth-order valence-electron chi connectivity index (χ4n) is 4.76. The number of imidazole rings is 2. The molecule has 2 aromatic heterocycles. The SMILES string of the molecule is COc1ccc(C(C)(C)c2cnc(SCCOc3cccc(-n4ccnc4C)c3)n2-c2ccc(F)cc2)cc1OC.